The van der Waals surface area contributed by atoms with E-state index in [-0.39, 0.29) is 11.8 Å². The molecule has 1 fully saturated rings. The lowest BCUT2D eigenvalue weighted by molar-refractivity contribution is -0.117. The van der Waals surface area contributed by atoms with Gasteiger partial charge in [-0.1, -0.05) is 55.0 Å². The molecule has 0 aliphatic carbocycles. The second-order valence-corrected chi connectivity index (χ2v) is 8.66. The summed E-state index contributed by atoms with van der Waals surface area (Å²) in [4.78, 5) is 19.9. The van der Waals surface area contributed by atoms with Gasteiger partial charge in [-0.3, -0.25) is 4.79 Å². The van der Waals surface area contributed by atoms with Crippen molar-refractivity contribution in [2.45, 2.75) is 39.2 Å². The van der Waals surface area contributed by atoms with E-state index in [1.807, 2.05) is 47.4 Å². The minimum absolute atomic E-state index is 0.0502. The molecule has 1 unspecified atom stereocenters. The quantitative estimate of drug-likeness (QED) is 0.382. The van der Waals surface area contributed by atoms with Crippen LogP contribution >= 0.6 is 0 Å². The summed E-state index contributed by atoms with van der Waals surface area (Å²) in [7, 11) is 0. The molecule has 1 saturated heterocycles. The van der Waals surface area contributed by atoms with Gasteiger partial charge in [0.2, 0.25) is 5.91 Å². The third-order valence-corrected chi connectivity index (χ3v) is 6.44. The molecule has 5 nitrogen and oxygen atoms in total. The monoisotopic (exact) mass is 439 g/mol. The average molecular weight is 440 g/mol. The Hall–Kier alpha value is -3.60. The lowest BCUT2D eigenvalue weighted by Gasteiger charge is -2.20. The number of amides is 1. The molecule has 3 aromatic carbocycles. The van der Waals surface area contributed by atoms with E-state index in [0.29, 0.717) is 26.1 Å². The number of fused-ring (bicyclic) bond motifs is 1. The van der Waals surface area contributed by atoms with Crippen LogP contribution in [0.15, 0.2) is 72.8 Å². The van der Waals surface area contributed by atoms with Gasteiger partial charge in [0.25, 0.3) is 0 Å². The molecule has 33 heavy (non-hydrogen) atoms. The van der Waals surface area contributed by atoms with Crippen molar-refractivity contribution < 1.29 is 9.53 Å². The molecule has 0 radical (unpaired) electrons. The zero-order valence-corrected chi connectivity index (χ0v) is 19.2. The van der Waals surface area contributed by atoms with E-state index < -0.39 is 0 Å². The number of ether oxygens (including phenoxy) is 1. The highest BCUT2D eigenvalue weighted by molar-refractivity contribution is 5.97. The van der Waals surface area contributed by atoms with Gasteiger partial charge in [0, 0.05) is 24.6 Å². The van der Waals surface area contributed by atoms with Gasteiger partial charge in [-0.25, -0.2) is 4.98 Å². The maximum absolute atomic E-state index is 13.0. The second kappa shape index (κ2) is 9.10. The van der Waals surface area contributed by atoms with Gasteiger partial charge in [-0.2, -0.15) is 0 Å². The maximum Gasteiger partial charge on any atom is 0.227 e. The Labute approximate surface area is 194 Å². The molecule has 0 N–H and O–H groups in total. The van der Waals surface area contributed by atoms with Gasteiger partial charge in [0.05, 0.1) is 17.6 Å². The lowest BCUT2D eigenvalue weighted by Crippen LogP contribution is -2.25. The molecule has 0 spiro atoms. The van der Waals surface area contributed by atoms with Crippen molar-refractivity contribution in [2.24, 2.45) is 0 Å². The average Bonchev–Trinajstić information content (AvgIpc) is 3.41. The fourth-order valence-corrected chi connectivity index (χ4v) is 4.72. The number of benzene rings is 3. The van der Waals surface area contributed by atoms with Crippen molar-refractivity contribution in [1.29, 1.82) is 0 Å². The molecule has 1 amide bonds. The Balaban J connectivity index is 1.41. The smallest absolute Gasteiger partial charge is 0.227 e. The molecule has 1 aliphatic rings. The van der Waals surface area contributed by atoms with E-state index in [1.165, 1.54) is 11.1 Å². The van der Waals surface area contributed by atoms with Crippen LogP contribution in [0.1, 0.15) is 36.2 Å². The van der Waals surface area contributed by atoms with Crippen LogP contribution in [0.4, 0.5) is 5.69 Å². The molecular weight excluding hydrogens is 410 g/mol. The van der Waals surface area contributed by atoms with Crippen LogP contribution in [0.2, 0.25) is 0 Å². The number of rotatable bonds is 7. The highest BCUT2D eigenvalue weighted by Gasteiger charge is 2.35. The van der Waals surface area contributed by atoms with Crippen molar-refractivity contribution in [3.63, 3.8) is 0 Å². The zero-order valence-electron chi connectivity index (χ0n) is 19.2. The molecular formula is C28H29N3O2. The van der Waals surface area contributed by atoms with Crippen molar-refractivity contribution in [3.05, 3.63) is 89.7 Å². The van der Waals surface area contributed by atoms with Crippen LogP contribution in [0.5, 0.6) is 5.75 Å². The molecule has 5 heteroatoms. The number of aromatic nitrogens is 2. The number of carbonyl (C=O) groups excluding carboxylic acids is 1. The Morgan fingerprint density at radius 2 is 1.76 bits per heavy atom. The van der Waals surface area contributed by atoms with Crippen molar-refractivity contribution >= 4 is 22.6 Å². The highest BCUT2D eigenvalue weighted by atomic mass is 16.5. The Morgan fingerprint density at radius 1 is 1.00 bits per heavy atom. The Morgan fingerprint density at radius 3 is 2.58 bits per heavy atom. The van der Waals surface area contributed by atoms with Gasteiger partial charge in [-0.05, 0) is 49.2 Å². The summed E-state index contributed by atoms with van der Waals surface area (Å²) in [5.41, 5.74) is 5.48. The fourth-order valence-electron chi connectivity index (χ4n) is 4.72. The summed E-state index contributed by atoms with van der Waals surface area (Å²) in [6.07, 6.45) is 1.37. The summed E-state index contributed by atoms with van der Waals surface area (Å²) in [5, 5.41) is 0. The predicted octanol–water partition coefficient (Wildman–Crippen LogP) is 5.51. The third kappa shape index (κ3) is 4.23. The molecule has 2 heterocycles. The molecule has 168 valence electrons. The minimum Gasteiger partial charge on any atom is -0.492 e. The molecule has 5 rings (SSSR count). The molecule has 0 saturated carbocycles. The largest absolute Gasteiger partial charge is 0.492 e. The van der Waals surface area contributed by atoms with Gasteiger partial charge < -0.3 is 14.2 Å². The first-order valence-electron chi connectivity index (χ1n) is 11.7. The standard InChI is InChI=1S/C28H29N3O2/c1-3-21-8-4-6-10-25(21)31-19-22(18-27(31)32)28-29-24-9-5-7-11-26(24)30(28)16-17-33-23-14-12-20(2)13-15-23/h4-15,22H,3,16-19H2,1-2H3. The highest BCUT2D eigenvalue weighted by Crippen LogP contribution is 2.34. The number of imidazole rings is 1. The van der Waals surface area contributed by atoms with Crippen LogP contribution in [0.3, 0.4) is 0 Å². The summed E-state index contributed by atoms with van der Waals surface area (Å²) in [6.45, 7) is 6.07. The zero-order chi connectivity index (χ0) is 22.8. The van der Waals surface area contributed by atoms with E-state index in [0.717, 1.165) is 34.7 Å². The molecule has 1 aromatic heterocycles. The summed E-state index contributed by atoms with van der Waals surface area (Å²) in [5.74, 6) is 2.04. The SMILES string of the molecule is CCc1ccccc1N1CC(c2nc3ccccc3n2CCOc2ccc(C)cc2)CC1=O. The van der Waals surface area contributed by atoms with Gasteiger partial charge in [0.1, 0.15) is 18.2 Å². The summed E-state index contributed by atoms with van der Waals surface area (Å²) in [6, 6.07) is 24.5. The summed E-state index contributed by atoms with van der Waals surface area (Å²) < 4.78 is 8.25. The molecule has 0 bridgehead atoms. The van der Waals surface area contributed by atoms with Gasteiger partial charge in [-0.15, -0.1) is 0 Å². The van der Waals surface area contributed by atoms with Gasteiger partial charge in [0.15, 0.2) is 0 Å². The van der Waals surface area contributed by atoms with E-state index in [9.17, 15) is 4.79 Å². The normalized spacial score (nSPS) is 16.0. The first-order valence-corrected chi connectivity index (χ1v) is 11.7. The third-order valence-electron chi connectivity index (χ3n) is 6.44. The van der Waals surface area contributed by atoms with Crippen LogP contribution in [-0.4, -0.2) is 28.6 Å². The predicted molar refractivity (Wildman–Crippen MR) is 132 cm³/mol. The van der Waals surface area contributed by atoms with Crippen LogP contribution in [-0.2, 0) is 17.8 Å². The van der Waals surface area contributed by atoms with Crippen molar-refractivity contribution in [3.8, 4) is 5.75 Å². The van der Waals surface area contributed by atoms with E-state index >= 15 is 0 Å². The van der Waals surface area contributed by atoms with Crippen LogP contribution in [0.25, 0.3) is 11.0 Å². The fraction of sp³-hybridized carbons (Fsp3) is 0.286. The Kier molecular flexibility index (Phi) is 5.86. The van der Waals surface area contributed by atoms with E-state index in [4.69, 9.17) is 9.72 Å². The lowest BCUT2D eigenvalue weighted by atomic mass is 10.1. The van der Waals surface area contributed by atoms with E-state index in [1.54, 1.807) is 0 Å². The second-order valence-electron chi connectivity index (χ2n) is 8.66. The number of para-hydroxylation sites is 3. The van der Waals surface area contributed by atoms with Crippen molar-refractivity contribution in [1.82, 2.24) is 9.55 Å². The number of nitrogens with zero attached hydrogens (tertiary/aromatic N) is 3. The minimum atomic E-state index is 0.0502. The number of carbonyl (C=O) groups is 1. The topological polar surface area (TPSA) is 47.4 Å². The number of hydrogen-bond donors (Lipinski definition) is 0. The van der Waals surface area contributed by atoms with Crippen LogP contribution in [0, 0.1) is 6.92 Å². The number of aryl methyl sites for hydroxylation is 2. The molecule has 1 atom stereocenters. The van der Waals surface area contributed by atoms with E-state index in [2.05, 4.69) is 48.7 Å². The van der Waals surface area contributed by atoms with Crippen LogP contribution < -0.4 is 9.64 Å². The van der Waals surface area contributed by atoms with Gasteiger partial charge >= 0.3 is 0 Å². The molecule has 4 aromatic rings. The van der Waals surface area contributed by atoms with Crippen molar-refractivity contribution in [2.75, 3.05) is 18.1 Å². The number of hydrogen-bond acceptors (Lipinski definition) is 3. The Bertz CT molecular complexity index is 1280. The first-order chi connectivity index (χ1) is 16.1. The maximum atomic E-state index is 13.0. The molecule has 1 aliphatic heterocycles. The summed E-state index contributed by atoms with van der Waals surface area (Å²) >= 11 is 0. The number of anilines is 1. The first kappa shape index (κ1) is 21.3.